The van der Waals surface area contributed by atoms with Crippen molar-refractivity contribution in [1.29, 1.82) is 0 Å². The van der Waals surface area contributed by atoms with E-state index in [1.54, 1.807) is 31.2 Å². The molecule has 0 aliphatic heterocycles. The predicted octanol–water partition coefficient (Wildman–Crippen LogP) is 4.36. The van der Waals surface area contributed by atoms with Crippen LogP contribution in [0.15, 0.2) is 71.6 Å². The van der Waals surface area contributed by atoms with Crippen molar-refractivity contribution in [3.63, 3.8) is 0 Å². The molecule has 0 saturated heterocycles. The zero-order valence-electron chi connectivity index (χ0n) is 15.2. The highest BCUT2D eigenvalue weighted by Crippen LogP contribution is 2.29. The molecule has 0 atom stereocenters. The van der Waals surface area contributed by atoms with Gasteiger partial charge >= 0.3 is 0 Å². The van der Waals surface area contributed by atoms with Crippen LogP contribution in [-0.2, 0) is 16.5 Å². The van der Waals surface area contributed by atoms with Gasteiger partial charge in [0.15, 0.2) is 0 Å². The van der Waals surface area contributed by atoms with E-state index in [0.717, 1.165) is 5.75 Å². The van der Waals surface area contributed by atoms with Crippen LogP contribution < -0.4 is 9.47 Å². The van der Waals surface area contributed by atoms with E-state index in [9.17, 15) is 18.1 Å². The normalized spacial score (nSPS) is 11.2. The number of phenolic OH excluding ortho intramolecular Hbond substituents is 1. The Kier molecular flexibility index (Phi) is 5.87. The second-order valence-electron chi connectivity index (χ2n) is 6.17. The van der Waals surface area contributed by atoms with Crippen molar-refractivity contribution >= 4 is 10.1 Å². The maximum atomic E-state index is 11.6. The summed E-state index contributed by atoms with van der Waals surface area (Å²) in [5, 5.41) is 10.0. The number of hydrogen-bond acceptors (Lipinski definition) is 5. The first-order valence-electron chi connectivity index (χ1n) is 8.59. The fourth-order valence-corrected chi connectivity index (χ4v) is 3.83. The SMILES string of the molecule is Cc1ccc(O)c(CCOc2ccc(Oc3ccccc3)cc2)c1S(=O)(=O)O. The Morgan fingerprint density at radius 1 is 0.857 bits per heavy atom. The summed E-state index contributed by atoms with van der Waals surface area (Å²) in [5.74, 6) is 1.75. The summed E-state index contributed by atoms with van der Waals surface area (Å²) in [6.07, 6.45) is 0.116. The lowest BCUT2D eigenvalue weighted by atomic mass is 10.1. The summed E-state index contributed by atoms with van der Waals surface area (Å²) in [5.41, 5.74) is 0.490. The van der Waals surface area contributed by atoms with Crippen molar-refractivity contribution in [2.24, 2.45) is 0 Å². The van der Waals surface area contributed by atoms with Crippen molar-refractivity contribution in [2.75, 3.05) is 6.61 Å². The number of aromatic hydroxyl groups is 1. The van der Waals surface area contributed by atoms with Gasteiger partial charge in [-0.3, -0.25) is 4.55 Å². The van der Waals surface area contributed by atoms with Crippen LogP contribution in [0.3, 0.4) is 0 Å². The summed E-state index contributed by atoms with van der Waals surface area (Å²) in [6.45, 7) is 1.68. The van der Waals surface area contributed by atoms with E-state index in [4.69, 9.17) is 9.47 Å². The third-order valence-corrected chi connectivity index (χ3v) is 5.20. The van der Waals surface area contributed by atoms with Gasteiger partial charge in [0, 0.05) is 12.0 Å². The lowest BCUT2D eigenvalue weighted by Crippen LogP contribution is -2.10. The molecule has 7 heteroatoms. The second kappa shape index (κ2) is 8.33. The van der Waals surface area contributed by atoms with Crippen LogP contribution in [-0.4, -0.2) is 24.7 Å². The molecular weight excluding hydrogens is 380 g/mol. The van der Waals surface area contributed by atoms with E-state index < -0.39 is 10.1 Å². The van der Waals surface area contributed by atoms with Crippen LogP contribution >= 0.6 is 0 Å². The van der Waals surface area contributed by atoms with E-state index in [1.807, 2.05) is 30.3 Å². The predicted molar refractivity (Wildman–Crippen MR) is 105 cm³/mol. The average Bonchev–Trinajstić information content (AvgIpc) is 2.66. The Bertz CT molecular complexity index is 1040. The maximum Gasteiger partial charge on any atom is 0.295 e. The molecule has 28 heavy (non-hydrogen) atoms. The summed E-state index contributed by atoms with van der Waals surface area (Å²) < 4.78 is 44.1. The number of aryl methyl sites for hydroxylation is 1. The fraction of sp³-hybridized carbons (Fsp3) is 0.143. The van der Waals surface area contributed by atoms with E-state index >= 15 is 0 Å². The van der Waals surface area contributed by atoms with E-state index in [1.165, 1.54) is 12.1 Å². The number of phenols is 1. The van der Waals surface area contributed by atoms with Gasteiger partial charge in [-0.1, -0.05) is 24.3 Å². The Morgan fingerprint density at radius 2 is 1.46 bits per heavy atom. The molecule has 0 aromatic heterocycles. The highest BCUT2D eigenvalue weighted by atomic mass is 32.2. The monoisotopic (exact) mass is 400 g/mol. The molecule has 2 N–H and O–H groups in total. The van der Waals surface area contributed by atoms with Crippen molar-refractivity contribution in [3.05, 3.63) is 77.9 Å². The molecule has 0 amide bonds. The first-order chi connectivity index (χ1) is 13.3. The van der Waals surface area contributed by atoms with Crippen LogP contribution in [0, 0.1) is 6.92 Å². The minimum absolute atomic E-state index is 0.116. The summed E-state index contributed by atoms with van der Waals surface area (Å²) >= 11 is 0. The van der Waals surface area contributed by atoms with Gasteiger partial charge in [-0.2, -0.15) is 8.42 Å². The average molecular weight is 400 g/mol. The van der Waals surface area contributed by atoms with Gasteiger partial charge in [-0.05, 0) is 55.0 Å². The molecule has 0 fully saturated rings. The largest absolute Gasteiger partial charge is 0.508 e. The van der Waals surface area contributed by atoms with E-state index in [2.05, 4.69) is 0 Å². The molecule has 0 aliphatic carbocycles. The third kappa shape index (κ3) is 4.82. The molecule has 6 nitrogen and oxygen atoms in total. The van der Waals surface area contributed by atoms with Crippen molar-refractivity contribution in [3.8, 4) is 23.0 Å². The summed E-state index contributed by atoms with van der Waals surface area (Å²) in [7, 11) is -4.45. The fourth-order valence-electron chi connectivity index (χ4n) is 2.83. The van der Waals surface area contributed by atoms with Crippen LogP contribution in [0.2, 0.25) is 0 Å². The Morgan fingerprint density at radius 3 is 2.11 bits per heavy atom. The van der Waals surface area contributed by atoms with E-state index in [-0.39, 0.29) is 29.2 Å². The maximum absolute atomic E-state index is 11.6. The molecule has 0 unspecified atom stereocenters. The lowest BCUT2D eigenvalue weighted by Gasteiger charge is -2.13. The molecule has 3 rings (SSSR count). The van der Waals surface area contributed by atoms with Crippen LogP contribution in [0.1, 0.15) is 11.1 Å². The molecular formula is C21H20O6S. The minimum Gasteiger partial charge on any atom is -0.508 e. The lowest BCUT2D eigenvalue weighted by molar-refractivity contribution is 0.317. The van der Waals surface area contributed by atoms with Crippen molar-refractivity contribution in [1.82, 2.24) is 0 Å². The van der Waals surface area contributed by atoms with Gasteiger partial charge in [0.25, 0.3) is 10.1 Å². The molecule has 146 valence electrons. The minimum atomic E-state index is -4.45. The molecule has 0 radical (unpaired) electrons. The van der Waals surface area contributed by atoms with Crippen LogP contribution in [0.25, 0.3) is 0 Å². The molecule has 3 aromatic carbocycles. The number of hydrogen-bond donors (Lipinski definition) is 2. The van der Waals surface area contributed by atoms with Gasteiger partial charge in [-0.15, -0.1) is 0 Å². The number of ether oxygens (including phenoxy) is 2. The van der Waals surface area contributed by atoms with Crippen LogP contribution in [0.5, 0.6) is 23.0 Å². The smallest absolute Gasteiger partial charge is 0.295 e. The van der Waals surface area contributed by atoms with Crippen molar-refractivity contribution < 1.29 is 27.6 Å². The molecule has 0 spiro atoms. The van der Waals surface area contributed by atoms with Crippen LogP contribution in [0.4, 0.5) is 0 Å². The molecule has 0 saturated carbocycles. The Labute approximate surface area is 163 Å². The van der Waals surface area contributed by atoms with Crippen molar-refractivity contribution in [2.45, 2.75) is 18.2 Å². The van der Waals surface area contributed by atoms with Gasteiger partial charge in [0.05, 0.1) is 6.61 Å². The quantitative estimate of drug-likeness (QED) is 0.573. The summed E-state index contributed by atoms with van der Waals surface area (Å²) in [6, 6.07) is 19.2. The first kappa shape index (κ1) is 19.7. The third-order valence-electron chi connectivity index (χ3n) is 4.11. The number of benzene rings is 3. The van der Waals surface area contributed by atoms with Gasteiger partial charge in [0.2, 0.25) is 0 Å². The molecule has 0 heterocycles. The number of para-hydroxylation sites is 1. The topological polar surface area (TPSA) is 93.1 Å². The molecule has 0 bridgehead atoms. The standard InChI is InChI=1S/C21H20O6S/c1-15-7-12-20(22)19(21(15)28(23,24)25)13-14-26-16-8-10-18(11-9-16)27-17-5-3-2-4-6-17/h2-12,22H,13-14H2,1H3,(H,23,24,25). The highest BCUT2D eigenvalue weighted by molar-refractivity contribution is 7.86. The molecule has 0 aliphatic rings. The molecule has 3 aromatic rings. The Hall–Kier alpha value is -3.03. The Balaban J connectivity index is 1.65. The summed E-state index contributed by atoms with van der Waals surface area (Å²) in [4.78, 5) is -0.275. The second-order valence-corrected chi connectivity index (χ2v) is 7.53. The zero-order chi connectivity index (χ0) is 20.1. The van der Waals surface area contributed by atoms with Gasteiger partial charge in [-0.25, -0.2) is 0 Å². The van der Waals surface area contributed by atoms with E-state index in [0.29, 0.717) is 17.1 Å². The zero-order valence-corrected chi connectivity index (χ0v) is 16.0. The van der Waals surface area contributed by atoms with Gasteiger partial charge in [0.1, 0.15) is 27.9 Å². The first-order valence-corrected chi connectivity index (χ1v) is 10.0. The number of rotatable bonds is 7. The van der Waals surface area contributed by atoms with Gasteiger partial charge < -0.3 is 14.6 Å². The highest BCUT2D eigenvalue weighted by Gasteiger charge is 2.21.